The molecule has 0 N–H and O–H groups in total. The van der Waals surface area contributed by atoms with E-state index in [1.807, 2.05) is 0 Å². The van der Waals surface area contributed by atoms with E-state index in [2.05, 4.69) is 81.5 Å². The third-order valence-corrected chi connectivity index (χ3v) is 12.5. The molecule has 0 aromatic heterocycles. The third kappa shape index (κ3) is 53.9. The minimum atomic E-state index is -0.782. The number of allylic oxidation sites excluding steroid dienone is 10. The highest BCUT2D eigenvalue weighted by Gasteiger charge is 2.19. The molecule has 0 bridgehead atoms. The molecule has 0 rings (SSSR count). The molecule has 0 aromatic carbocycles. The summed E-state index contributed by atoms with van der Waals surface area (Å²) in [4.78, 5) is 38.1. The van der Waals surface area contributed by atoms with Crippen molar-refractivity contribution < 1.29 is 28.6 Å². The quantitative estimate of drug-likeness (QED) is 0.0262. The first-order chi connectivity index (χ1) is 33.0. The molecule has 0 heterocycles. The Bertz CT molecular complexity index is 1210. The fraction of sp³-hybridized carbons (Fsp3) is 0.787. The number of unbranched alkanes of at least 4 members (excludes halogenated alkanes) is 31. The van der Waals surface area contributed by atoms with Gasteiger partial charge < -0.3 is 14.2 Å². The molecule has 67 heavy (non-hydrogen) atoms. The van der Waals surface area contributed by atoms with Crippen molar-refractivity contribution in [2.75, 3.05) is 13.2 Å². The van der Waals surface area contributed by atoms with Gasteiger partial charge in [-0.3, -0.25) is 14.4 Å². The maximum atomic E-state index is 12.9. The van der Waals surface area contributed by atoms with Crippen LogP contribution in [0.25, 0.3) is 0 Å². The van der Waals surface area contributed by atoms with Gasteiger partial charge in [0.25, 0.3) is 0 Å². The topological polar surface area (TPSA) is 78.9 Å². The van der Waals surface area contributed by atoms with E-state index in [1.165, 1.54) is 154 Å². The number of carbonyl (C=O) groups excluding carboxylic acids is 3. The standard InChI is InChI=1S/C61H108O6/c1-4-7-10-13-16-19-22-24-26-28-29-30-31-33-35-37-40-43-46-49-52-55-61(64)67-58(56-65-59(62)53-50-47-44-41-38-21-18-15-12-9-6-3)57-66-60(63)54-51-48-45-42-39-36-34-32-27-25-23-20-17-14-11-8-5-2/h8,11,17,20,24-27,34,36,58H,4-7,9-10,12-16,18-19,21-23,28-33,35,37-57H2,1-3H3/b11-8-,20-17-,26-24-,27-25-,36-34-/t58-/m0/s1. The molecule has 388 valence electrons. The Kier molecular flexibility index (Phi) is 53.3. The van der Waals surface area contributed by atoms with Crippen molar-refractivity contribution in [3.05, 3.63) is 60.8 Å². The van der Waals surface area contributed by atoms with Gasteiger partial charge in [-0.2, -0.15) is 0 Å². The van der Waals surface area contributed by atoms with E-state index in [0.29, 0.717) is 19.3 Å². The summed E-state index contributed by atoms with van der Waals surface area (Å²) in [6.07, 6.45) is 69.3. The first-order valence-corrected chi connectivity index (χ1v) is 28.8. The zero-order valence-corrected chi connectivity index (χ0v) is 44.4. The Morgan fingerprint density at radius 1 is 0.313 bits per heavy atom. The molecule has 0 aromatic rings. The predicted octanol–water partition coefficient (Wildman–Crippen LogP) is 19.2. The second-order valence-corrected chi connectivity index (χ2v) is 19.2. The van der Waals surface area contributed by atoms with Crippen LogP contribution >= 0.6 is 0 Å². The molecule has 0 radical (unpaired) electrons. The molecule has 0 aliphatic rings. The van der Waals surface area contributed by atoms with Gasteiger partial charge in [0.15, 0.2) is 6.10 Å². The van der Waals surface area contributed by atoms with Crippen LogP contribution in [0, 0.1) is 0 Å². The summed E-state index contributed by atoms with van der Waals surface area (Å²) in [5, 5.41) is 0. The van der Waals surface area contributed by atoms with E-state index in [-0.39, 0.29) is 31.1 Å². The molecule has 0 amide bonds. The van der Waals surface area contributed by atoms with E-state index in [4.69, 9.17) is 14.2 Å². The molecular formula is C61H108O6. The smallest absolute Gasteiger partial charge is 0.306 e. The van der Waals surface area contributed by atoms with Gasteiger partial charge in [0.05, 0.1) is 0 Å². The Hall–Kier alpha value is -2.89. The maximum absolute atomic E-state index is 12.9. The number of hydrogen-bond acceptors (Lipinski definition) is 6. The van der Waals surface area contributed by atoms with Crippen LogP contribution in [0.1, 0.15) is 290 Å². The van der Waals surface area contributed by atoms with Gasteiger partial charge in [-0.05, 0) is 83.5 Å². The van der Waals surface area contributed by atoms with Gasteiger partial charge in [-0.1, -0.05) is 248 Å². The van der Waals surface area contributed by atoms with E-state index < -0.39 is 6.10 Å². The zero-order valence-electron chi connectivity index (χ0n) is 44.4. The monoisotopic (exact) mass is 937 g/mol. The first kappa shape index (κ1) is 64.1. The largest absolute Gasteiger partial charge is 0.462 e. The van der Waals surface area contributed by atoms with Crippen LogP contribution in [-0.2, 0) is 28.6 Å². The van der Waals surface area contributed by atoms with E-state index in [9.17, 15) is 14.4 Å². The summed E-state index contributed by atoms with van der Waals surface area (Å²) >= 11 is 0. The minimum absolute atomic E-state index is 0.0798. The first-order valence-electron chi connectivity index (χ1n) is 28.8. The van der Waals surface area contributed by atoms with Crippen molar-refractivity contribution in [2.24, 2.45) is 0 Å². The number of hydrogen-bond donors (Lipinski definition) is 0. The van der Waals surface area contributed by atoms with Crippen molar-refractivity contribution in [2.45, 2.75) is 297 Å². The van der Waals surface area contributed by atoms with Crippen molar-refractivity contribution >= 4 is 17.9 Å². The van der Waals surface area contributed by atoms with E-state index in [1.54, 1.807) is 0 Å². The highest BCUT2D eigenvalue weighted by molar-refractivity contribution is 5.71. The second-order valence-electron chi connectivity index (χ2n) is 19.2. The third-order valence-electron chi connectivity index (χ3n) is 12.5. The molecule has 0 saturated heterocycles. The van der Waals surface area contributed by atoms with Crippen molar-refractivity contribution in [1.29, 1.82) is 0 Å². The molecule has 0 aliphatic carbocycles. The van der Waals surface area contributed by atoms with Crippen LogP contribution in [0.5, 0.6) is 0 Å². The van der Waals surface area contributed by atoms with Crippen LogP contribution in [-0.4, -0.2) is 37.2 Å². The van der Waals surface area contributed by atoms with Gasteiger partial charge >= 0.3 is 17.9 Å². The lowest BCUT2D eigenvalue weighted by molar-refractivity contribution is -0.167. The van der Waals surface area contributed by atoms with Crippen molar-refractivity contribution in [3.63, 3.8) is 0 Å². The second kappa shape index (κ2) is 55.7. The summed E-state index contributed by atoms with van der Waals surface area (Å²) in [6.45, 7) is 6.52. The van der Waals surface area contributed by atoms with E-state index in [0.717, 1.165) is 96.3 Å². The van der Waals surface area contributed by atoms with Crippen molar-refractivity contribution in [3.8, 4) is 0 Å². The Balaban J connectivity index is 4.34. The average Bonchev–Trinajstić information content (AvgIpc) is 3.33. The van der Waals surface area contributed by atoms with Gasteiger partial charge in [0.1, 0.15) is 13.2 Å². The minimum Gasteiger partial charge on any atom is -0.462 e. The molecule has 0 fully saturated rings. The van der Waals surface area contributed by atoms with Crippen LogP contribution in [0.4, 0.5) is 0 Å². The van der Waals surface area contributed by atoms with Gasteiger partial charge in [-0.25, -0.2) is 0 Å². The van der Waals surface area contributed by atoms with Crippen LogP contribution < -0.4 is 0 Å². The Morgan fingerprint density at radius 2 is 0.582 bits per heavy atom. The number of ether oxygens (including phenoxy) is 3. The van der Waals surface area contributed by atoms with Crippen molar-refractivity contribution in [1.82, 2.24) is 0 Å². The summed E-state index contributed by atoms with van der Waals surface area (Å²) in [7, 11) is 0. The van der Waals surface area contributed by atoms with Crippen LogP contribution in [0.15, 0.2) is 60.8 Å². The summed E-state index contributed by atoms with van der Waals surface area (Å²) in [5.74, 6) is -0.895. The van der Waals surface area contributed by atoms with Gasteiger partial charge in [-0.15, -0.1) is 0 Å². The molecule has 6 nitrogen and oxygen atoms in total. The Labute approximate surface area is 415 Å². The lowest BCUT2D eigenvalue weighted by Crippen LogP contribution is -2.30. The maximum Gasteiger partial charge on any atom is 0.306 e. The molecule has 1 atom stereocenters. The van der Waals surface area contributed by atoms with Gasteiger partial charge in [0, 0.05) is 19.3 Å². The van der Waals surface area contributed by atoms with E-state index >= 15 is 0 Å². The number of esters is 3. The molecule has 6 heteroatoms. The molecular weight excluding hydrogens is 829 g/mol. The lowest BCUT2D eigenvalue weighted by Gasteiger charge is -2.18. The molecule has 0 aliphatic heterocycles. The summed E-state index contributed by atoms with van der Waals surface area (Å²) in [5.41, 5.74) is 0. The normalized spacial score (nSPS) is 12.5. The zero-order chi connectivity index (χ0) is 48.6. The summed E-state index contributed by atoms with van der Waals surface area (Å²) in [6, 6.07) is 0. The Morgan fingerprint density at radius 3 is 0.925 bits per heavy atom. The fourth-order valence-electron chi connectivity index (χ4n) is 8.19. The molecule has 0 unspecified atom stereocenters. The van der Waals surface area contributed by atoms with Crippen LogP contribution in [0.3, 0.4) is 0 Å². The van der Waals surface area contributed by atoms with Crippen LogP contribution in [0.2, 0.25) is 0 Å². The highest BCUT2D eigenvalue weighted by Crippen LogP contribution is 2.16. The highest BCUT2D eigenvalue weighted by atomic mass is 16.6. The molecule has 0 saturated carbocycles. The molecule has 0 spiro atoms. The number of carbonyl (C=O) groups is 3. The SMILES string of the molecule is CC/C=C\C/C=C\C/C=C\C/C=C\CCCCCCC(=O)OC[C@H](COC(=O)CCCCCCCCCCCCC)OC(=O)CCCCCCCCCCCCC/C=C\CCCCCCCC. The lowest BCUT2D eigenvalue weighted by atomic mass is 10.0. The van der Waals surface area contributed by atoms with Gasteiger partial charge in [0.2, 0.25) is 0 Å². The predicted molar refractivity (Wildman–Crippen MR) is 288 cm³/mol. The summed E-state index contributed by atoms with van der Waals surface area (Å²) < 4.78 is 16.8. The fourth-order valence-corrected chi connectivity index (χ4v) is 8.19. The average molecular weight is 938 g/mol. The number of rotatable bonds is 52.